The fourth-order valence-electron chi connectivity index (χ4n) is 2.84. The van der Waals surface area contributed by atoms with Gasteiger partial charge >= 0.3 is 0 Å². The molecule has 1 aromatic rings. The molecule has 0 bridgehead atoms. The standard InChI is InChI=1S/C17H26N2O2/c1-3-18-14-7-9-16(10-8-14)21-12-17(20)19-15-6-4-5-13(2)11-15/h4-6,11,14,16,18H,3,7-10,12H2,1-2H3,(H,19,20). The zero-order valence-corrected chi connectivity index (χ0v) is 13.0. The summed E-state index contributed by atoms with van der Waals surface area (Å²) >= 11 is 0. The molecule has 1 aliphatic carbocycles. The molecular formula is C17H26N2O2. The summed E-state index contributed by atoms with van der Waals surface area (Å²) in [7, 11) is 0. The zero-order chi connectivity index (χ0) is 15.1. The first-order valence-corrected chi connectivity index (χ1v) is 7.89. The molecule has 2 N–H and O–H groups in total. The van der Waals surface area contributed by atoms with Crippen molar-refractivity contribution in [1.82, 2.24) is 5.32 Å². The molecule has 0 saturated heterocycles. The Morgan fingerprint density at radius 1 is 1.29 bits per heavy atom. The molecule has 21 heavy (non-hydrogen) atoms. The van der Waals surface area contributed by atoms with Crippen molar-refractivity contribution in [2.75, 3.05) is 18.5 Å². The van der Waals surface area contributed by atoms with Gasteiger partial charge in [-0.05, 0) is 56.8 Å². The number of hydrogen-bond donors (Lipinski definition) is 2. The minimum absolute atomic E-state index is 0.0746. The molecule has 1 amide bonds. The lowest BCUT2D eigenvalue weighted by molar-refractivity contribution is -0.123. The zero-order valence-electron chi connectivity index (χ0n) is 13.0. The van der Waals surface area contributed by atoms with Crippen LogP contribution in [-0.2, 0) is 9.53 Å². The van der Waals surface area contributed by atoms with Crippen molar-refractivity contribution in [1.29, 1.82) is 0 Å². The van der Waals surface area contributed by atoms with Gasteiger partial charge < -0.3 is 15.4 Å². The molecule has 1 aromatic carbocycles. The van der Waals surface area contributed by atoms with Gasteiger partial charge in [0.25, 0.3) is 0 Å². The van der Waals surface area contributed by atoms with Gasteiger partial charge in [0.1, 0.15) is 6.61 Å². The number of aryl methyl sites for hydroxylation is 1. The number of benzene rings is 1. The van der Waals surface area contributed by atoms with Gasteiger partial charge in [0.2, 0.25) is 5.91 Å². The molecule has 1 saturated carbocycles. The molecule has 0 aromatic heterocycles. The highest BCUT2D eigenvalue weighted by molar-refractivity contribution is 5.91. The van der Waals surface area contributed by atoms with E-state index in [0.717, 1.165) is 43.5 Å². The number of ether oxygens (including phenoxy) is 1. The number of anilines is 1. The van der Waals surface area contributed by atoms with Crippen LogP contribution in [0, 0.1) is 6.92 Å². The number of carbonyl (C=O) groups excluding carboxylic acids is 1. The van der Waals surface area contributed by atoms with Gasteiger partial charge in [-0.15, -0.1) is 0 Å². The Balaban J connectivity index is 1.68. The predicted molar refractivity (Wildman–Crippen MR) is 85.5 cm³/mol. The number of nitrogens with one attached hydrogen (secondary N) is 2. The van der Waals surface area contributed by atoms with E-state index in [1.165, 1.54) is 0 Å². The quantitative estimate of drug-likeness (QED) is 0.847. The second kappa shape index (κ2) is 8.15. The van der Waals surface area contributed by atoms with Gasteiger partial charge in [0.05, 0.1) is 6.10 Å². The predicted octanol–water partition coefficient (Wildman–Crippen LogP) is 2.87. The largest absolute Gasteiger partial charge is 0.368 e. The molecule has 4 heteroatoms. The Bertz CT molecular complexity index is 454. The van der Waals surface area contributed by atoms with Crippen molar-refractivity contribution in [2.45, 2.75) is 51.7 Å². The van der Waals surface area contributed by atoms with Crippen molar-refractivity contribution in [2.24, 2.45) is 0 Å². The Hall–Kier alpha value is -1.39. The van der Waals surface area contributed by atoms with Crippen LogP contribution in [0.5, 0.6) is 0 Å². The summed E-state index contributed by atoms with van der Waals surface area (Å²) in [4.78, 5) is 11.9. The molecule has 0 radical (unpaired) electrons. The summed E-state index contributed by atoms with van der Waals surface area (Å²) in [5.41, 5.74) is 1.97. The van der Waals surface area contributed by atoms with Crippen molar-refractivity contribution < 1.29 is 9.53 Å². The van der Waals surface area contributed by atoms with Gasteiger partial charge in [-0.2, -0.15) is 0 Å². The van der Waals surface area contributed by atoms with Gasteiger partial charge in [-0.3, -0.25) is 4.79 Å². The fourth-order valence-corrected chi connectivity index (χ4v) is 2.84. The van der Waals surface area contributed by atoms with Crippen molar-refractivity contribution >= 4 is 11.6 Å². The minimum Gasteiger partial charge on any atom is -0.368 e. The molecule has 0 aliphatic heterocycles. The van der Waals surface area contributed by atoms with Gasteiger partial charge in [-0.1, -0.05) is 19.1 Å². The van der Waals surface area contributed by atoms with Crippen LogP contribution in [0.25, 0.3) is 0 Å². The van der Waals surface area contributed by atoms with E-state index in [9.17, 15) is 4.79 Å². The molecule has 4 nitrogen and oxygen atoms in total. The van der Waals surface area contributed by atoms with Crippen molar-refractivity contribution in [3.63, 3.8) is 0 Å². The van der Waals surface area contributed by atoms with E-state index in [1.807, 2.05) is 31.2 Å². The van der Waals surface area contributed by atoms with Crippen LogP contribution in [0.3, 0.4) is 0 Å². The molecule has 0 heterocycles. The highest BCUT2D eigenvalue weighted by atomic mass is 16.5. The third kappa shape index (κ3) is 5.48. The highest BCUT2D eigenvalue weighted by Gasteiger charge is 2.21. The average molecular weight is 290 g/mol. The van der Waals surface area contributed by atoms with Gasteiger partial charge in [0, 0.05) is 11.7 Å². The Morgan fingerprint density at radius 2 is 2.05 bits per heavy atom. The van der Waals surface area contributed by atoms with E-state index in [4.69, 9.17) is 4.74 Å². The Morgan fingerprint density at radius 3 is 2.71 bits per heavy atom. The van der Waals surface area contributed by atoms with Crippen molar-refractivity contribution in [3.05, 3.63) is 29.8 Å². The van der Waals surface area contributed by atoms with Crippen LogP contribution in [-0.4, -0.2) is 31.2 Å². The Labute approximate surface area is 127 Å². The van der Waals surface area contributed by atoms with E-state index in [2.05, 4.69) is 17.6 Å². The topological polar surface area (TPSA) is 50.4 Å². The normalized spacial score (nSPS) is 22.0. The molecule has 0 spiro atoms. The minimum atomic E-state index is -0.0746. The summed E-state index contributed by atoms with van der Waals surface area (Å²) in [5.74, 6) is -0.0746. The SMILES string of the molecule is CCNC1CCC(OCC(=O)Nc2cccc(C)c2)CC1. The third-order valence-electron chi connectivity index (χ3n) is 3.92. The maximum absolute atomic E-state index is 11.9. The van der Waals surface area contributed by atoms with Crippen LogP contribution < -0.4 is 10.6 Å². The third-order valence-corrected chi connectivity index (χ3v) is 3.92. The lowest BCUT2D eigenvalue weighted by Gasteiger charge is -2.28. The highest BCUT2D eigenvalue weighted by Crippen LogP contribution is 2.21. The van der Waals surface area contributed by atoms with Gasteiger partial charge in [-0.25, -0.2) is 0 Å². The fraction of sp³-hybridized carbons (Fsp3) is 0.588. The smallest absolute Gasteiger partial charge is 0.250 e. The first-order chi connectivity index (χ1) is 10.2. The number of rotatable bonds is 6. The molecule has 2 rings (SSSR count). The lowest BCUT2D eigenvalue weighted by Crippen LogP contribution is -2.36. The second-order valence-electron chi connectivity index (χ2n) is 5.76. The maximum Gasteiger partial charge on any atom is 0.250 e. The van der Waals surface area contributed by atoms with Crippen molar-refractivity contribution in [3.8, 4) is 0 Å². The Kier molecular flexibility index (Phi) is 6.21. The second-order valence-corrected chi connectivity index (χ2v) is 5.76. The maximum atomic E-state index is 11.9. The average Bonchev–Trinajstić information content (AvgIpc) is 2.47. The van der Waals surface area contributed by atoms with E-state index < -0.39 is 0 Å². The van der Waals surface area contributed by atoms with E-state index in [-0.39, 0.29) is 18.6 Å². The summed E-state index contributed by atoms with van der Waals surface area (Å²) in [6.45, 7) is 5.31. The van der Waals surface area contributed by atoms with E-state index in [0.29, 0.717) is 6.04 Å². The summed E-state index contributed by atoms with van der Waals surface area (Å²) in [6, 6.07) is 8.42. The van der Waals surface area contributed by atoms with Crippen LogP contribution in [0.2, 0.25) is 0 Å². The van der Waals surface area contributed by atoms with Crippen LogP contribution in [0.15, 0.2) is 24.3 Å². The van der Waals surface area contributed by atoms with E-state index in [1.54, 1.807) is 0 Å². The summed E-state index contributed by atoms with van der Waals surface area (Å²) < 4.78 is 5.73. The molecule has 0 atom stereocenters. The first kappa shape index (κ1) is 16.0. The number of carbonyl (C=O) groups is 1. The first-order valence-electron chi connectivity index (χ1n) is 7.89. The summed E-state index contributed by atoms with van der Waals surface area (Å²) in [5, 5.41) is 6.35. The van der Waals surface area contributed by atoms with Crippen LogP contribution >= 0.6 is 0 Å². The molecule has 1 aliphatic rings. The van der Waals surface area contributed by atoms with E-state index >= 15 is 0 Å². The van der Waals surface area contributed by atoms with Gasteiger partial charge in [0.15, 0.2) is 0 Å². The molecule has 116 valence electrons. The monoisotopic (exact) mass is 290 g/mol. The number of amides is 1. The summed E-state index contributed by atoms with van der Waals surface area (Å²) in [6.07, 6.45) is 4.57. The van der Waals surface area contributed by atoms with Crippen LogP contribution in [0.1, 0.15) is 38.2 Å². The molecular weight excluding hydrogens is 264 g/mol. The molecule has 0 unspecified atom stereocenters. The molecule has 1 fully saturated rings. The van der Waals surface area contributed by atoms with Crippen LogP contribution in [0.4, 0.5) is 5.69 Å². The number of hydrogen-bond acceptors (Lipinski definition) is 3. The lowest BCUT2D eigenvalue weighted by atomic mass is 9.93.